The van der Waals surface area contributed by atoms with E-state index < -0.39 is 5.91 Å². The molecule has 0 fully saturated rings. The lowest BCUT2D eigenvalue weighted by atomic mass is 10.1. The highest BCUT2D eigenvalue weighted by Gasteiger charge is 2.11. The SMILES string of the molecule is C=CCc1ccccc1OCC(=O)Nc1ccccc1C(N)=O. The molecule has 2 aromatic rings. The Balaban J connectivity index is 2.01. The van der Waals surface area contributed by atoms with Gasteiger partial charge in [0.25, 0.3) is 11.8 Å². The number of para-hydroxylation sites is 2. The van der Waals surface area contributed by atoms with Crippen molar-refractivity contribution in [1.29, 1.82) is 0 Å². The Kier molecular flexibility index (Phi) is 5.52. The van der Waals surface area contributed by atoms with E-state index in [4.69, 9.17) is 10.5 Å². The van der Waals surface area contributed by atoms with Crippen molar-refractivity contribution >= 4 is 17.5 Å². The van der Waals surface area contributed by atoms with Crippen LogP contribution in [0.5, 0.6) is 5.75 Å². The summed E-state index contributed by atoms with van der Waals surface area (Å²) in [7, 11) is 0. The van der Waals surface area contributed by atoms with Gasteiger partial charge in [-0.3, -0.25) is 9.59 Å². The molecule has 0 heterocycles. The van der Waals surface area contributed by atoms with Crippen LogP contribution in [0.25, 0.3) is 0 Å². The zero-order valence-corrected chi connectivity index (χ0v) is 12.6. The maximum absolute atomic E-state index is 12.0. The number of ether oxygens (including phenoxy) is 1. The van der Waals surface area contributed by atoms with E-state index in [-0.39, 0.29) is 18.1 Å². The third-order valence-electron chi connectivity index (χ3n) is 3.16. The molecule has 0 atom stereocenters. The average molecular weight is 310 g/mol. The standard InChI is InChI=1S/C18H18N2O3/c1-2-7-13-8-3-6-11-16(13)23-12-17(21)20-15-10-5-4-9-14(15)18(19)22/h2-6,8-11H,1,7,12H2,(H2,19,22)(H,20,21). The molecule has 0 radical (unpaired) electrons. The van der Waals surface area contributed by atoms with Crippen LogP contribution in [0.1, 0.15) is 15.9 Å². The number of nitrogens with one attached hydrogen (secondary N) is 1. The topological polar surface area (TPSA) is 81.4 Å². The summed E-state index contributed by atoms with van der Waals surface area (Å²) in [4.78, 5) is 23.4. The summed E-state index contributed by atoms with van der Waals surface area (Å²) in [5.41, 5.74) is 6.86. The van der Waals surface area contributed by atoms with Crippen molar-refractivity contribution < 1.29 is 14.3 Å². The Bertz CT molecular complexity index is 726. The van der Waals surface area contributed by atoms with E-state index in [9.17, 15) is 9.59 Å². The second-order valence-electron chi connectivity index (χ2n) is 4.85. The van der Waals surface area contributed by atoms with Gasteiger partial charge in [0.15, 0.2) is 6.61 Å². The van der Waals surface area contributed by atoms with Crippen LogP contribution >= 0.6 is 0 Å². The van der Waals surface area contributed by atoms with Gasteiger partial charge in [0.1, 0.15) is 5.75 Å². The van der Waals surface area contributed by atoms with Crippen molar-refractivity contribution in [3.8, 4) is 5.75 Å². The minimum absolute atomic E-state index is 0.165. The number of primary amides is 1. The highest BCUT2D eigenvalue weighted by atomic mass is 16.5. The van der Waals surface area contributed by atoms with Gasteiger partial charge in [-0.25, -0.2) is 0 Å². The number of nitrogens with two attached hydrogens (primary N) is 1. The molecule has 0 saturated heterocycles. The third-order valence-corrected chi connectivity index (χ3v) is 3.16. The van der Waals surface area contributed by atoms with Crippen LogP contribution in [0.15, 0.2) is 61.2 Å². The average Bonchev–Trinajstić information content (AvgIpc) is 2.54. The molecule has 3 N–H and O–H groups in total. The molecule has 0 unspecified atom stereocenters. The number of rotatable bonds is 7. The second kappa shape index (κ2) is 7.79. The molecular weight excluding hydrogens is 292 g/mol. The van der Waals surface area contributed by atoms with Crippen LogP contribution < -0.4 is 15.8 Å². The Labute approximate surface area is 134 Å². The number of amides is 2. The highest BCUT2D eigenvalue weighted by Crippen LogP contribution is 2.19. The Morgan fingerprint density at radius 2 is 1.83 bits per heavy atom. The van der Waals surface area contributed by atoms with Gasteiger partial charge in [-0.2, -0.15) is 0 Å². The maximum atomic E-state index is 12.0. The van der Waals surface area contributed by atoms with Gasteiger partial charge in [0.2, 0.25) is 0 Å². The fourth-order valence-electron chi connectivity index (χ4n) is 2.11. The van der Waals surface area contributed by atoms with E-state index >= 15 is 0 Å². The number of carbonyl (C=O) groups excluding carboxylic acids is 2. The summed E-state index contributed by atoms with van der Waals surface area (Å²) in [6, 6.07) is 14.0. The van der Waals surface area contributed by atoms with Crippen molar-refractivity contribution in [2.75, 3.05) is 11.9 Å². The normalized spacial score (nSPS) is 9.91. The van der Waals surface area contributed by atoms with E-state index in [1.807, 2.05) is 18.2 Å². The molecule has 0 aliphatic rings. The summed E-state index contributed by atoms with van der Waals surface area (Å²) in [6.07, 6.45) is 2.42. The molecule has 5 nitrogen and oxygen atoms in total. The largest absolute Gasteiger partial charge is 0.483 e. The maximum Gasteiger partial charge on any atom is 0.262 e. The van der Waals surface area contributed by atoms with E-state index in [1.54, 1.807) is 36.4 Å². The van der Waals surface area contributed by atoms with Crippen LogP contribution in [-0.2, 0) is 11.2 Å². The molecule has 0 spiro atoms. The summed E-state index contributed by atoms with van der Waals surface area (Å²) in [5.74, 6) is -0.337. The summed E-state index contributed by atoms with van der Waals surface area (Å²) >= 11 is 0. The van der Waals surface area contributed by atoms with Crippen molar-refractivity contribution in [2.24, 2.45) is 5.73 Å². The minimum atomic E-state index is -0.599. The van der Waals surface area contributed by atoms with Gasteiger partial charge >= 0.3 is 0 Å². The molecular formula is C18H18N2O3. The number of hydrogen-bond acceptors (Lipinski definition) is 3. The Morgan fingerprint density at radius 3 is 2.57 bits per heavy atom. The number of benzene rings is 2. The molecule has 0 bridgehead atoms. The predicted molar refractivity (Wildman–Crippen MR) is 89.4 cm³/mol. The molecule has 0 aromatic heterocycles. The molecule has 2 rings (SSSR count). The Hall–Kier alpha value is -3.08. The number of anilines is 1. The first kappa shape index (κ1) is 16.3. The van der Waals surface area contributed by atoms with Gasteiger partial charge in [-0.05, 0) is 30.2 Å². The summed E-state index contributed by atoms with van der Waals surface area (Å²) in [6.45, 7) is 3.53. The summed E-state index contributed by atoms with van der Waals surface area (Å²) in [5, 5.41) is 2.63. The Morgan fingerprint density at radius 1 is 1.13 bits per heavy atom. The van der Waals surface area contributed by atoms with Crippen LogP contribution in [-0.4, -0.2) is 18.4 Å². The lowest BCUT2D eigenvalue weighted by molar-refractivity contribution is -0.118. The van der Waals surface area contributed by atoms with Crippen LogP contribution in [0.3, 0.4) is 0 Å². The van der Waals surface area contributed by atoms with E-state index in [0.29, 0.717) is 17.9 Å². The third kappa shape index (κ3) is 4.44. The van der Waals surface area contributed by atoms with Crippen LogP contribution in [0.2, 0.25) is 0 Å². The van der Waals surface area contributed by atoms with Crippen molar-refractivity contribution in [2.45, 2.75) is 6.42 Å². The molecule has 0 saturated carbocycles. The van der Waals surface area contributed by atoms with Crippen LogP contribution in [0.4, 0.5) is 5.69 Å². The molecule has 2 aromatic carbocycles. The zero-order chi connectivity index (χ0) is 16.7. The summed E-state index contributed by atoms with van der Waals surface area (Å²) < 4.78 is 5.55. The number of allylic oxidation sites excluding steroid dienone is 1. The zero-order valence-electron chi connectivity index (χ0n) is 12.6. The molecule has 2 amide bonds. The molecule has 5 heteroatoms. The predicted octanol–water partition coefficient (Wildman–Crippen LogP) is 2.53. The van der Waals surface area contributed by atoms with Gasteiger partial charge in [-0.15, -0.1) is 6.58 Å². The van der Waals surface area contributed by atoms with Gasteiger partial charge in [0.05, 0.1) is 11.3 Å². The molecule has 23 heavy (non-hydrogen) atoms. The first-order valence-corrected chi connectivity index (χ1v) is 7.12. The number of hydrogen-bond donors (Lipinski definition) is 2. The van der Waals surface area contributed by atoms with E-state index in [1.165, 1.54) is 0 Å². The fraction of sp³-hybridized carbons (Fsp3) is 0.111. The second-order valence-corrected chi connectivity index (χ2v) is 4.85. The van der Waals surface area contributed by atoms with Gasteiger partial charge in [0, 0.05) is 0 Å². The van der Waals surface area contributed by atoms with E-state index in [2.05, 4.69) is 11.9 Å². The smallest absolute Gasteiger partial charge is 0.262 e. The highest BCUT2D eigenvalue weighted by molar-refractivity contribution is 6.03. The molecule has 0 aliphatic heterocycles. The van der Waals surface area contributed by atoms with Crippen molar-refractivity contribution in [1.82, 2.24) is 0 Å². The van der Waals surface area contributed by atoms with Gasteiger partial charge < -0.3 is 15.8 Å². The molecule has 0 aliphatic carbocycles. The van der Waals surface area contributed by atoms with Crippen molar-refractivity contribution in [3.05, 3.63) is 72.3 Å². The first-order valence-electron chi connectivity index (χ1n) is 7.12. The fourth-order valence-corrected chi connectivity index (χ4v) is 2.11. The number of carbonyl (C=O) groups is 2. The van der Waals surface area contributed by atoms with Gasteiger partial charge in [-0.1, -0.05) is 36.4 Å². The minimum Gasteiger partial charge on any atom is -0.483 e. The van der Waals surface area contributed by atoms with Crippen molar-refractivity contribution in [3.63, 3.8) is 0 Å². The quantitative estimate of drug-likeness (QED) is 0.771. The van der Waals surface area contributed by atoms with E-state index in [0.717, 1.165) is 5.56 Å². The first-order chi connectivity index (χ1) is 11.1. The monoisotopic (exact) mass is 310 g/mol. The van der Waals surface area contributed by atoms with Crippen LogP contribution in [0, 0.1) is 0 Å². The molecule has 118 valence electrons. The lowest BCUT2D eigenvalue weighted by Crippen LogP contribution is -2.23. The lowest BCUT2D eigenvalue weighted by Gasteiger charge is -2.12.